The van der Waals surface area contributed by atoms with E-state index in [1.165, 1.54) is 257 Å². The summed E-state index contributed by atoms with van der Waals surface area (Å²) in [5.74, 6) is -0.620. The van der Waals surface area contributed by atoms with Gasteiger partial charge in [-0.05, 0) is 32.1 Å². The minimum Gasteiger partial charge on any atom is -0.394 e. The number of carbonyl (C=O) groups is 1. The van der Waals surface area contributed by atoms with Crippen molar-refractivity contribution in [3.63, 3.8) is 0 Å². The maximum absolute atomic E-state index is 13.1. The van der Waals surface area contributed by atoms with E-state index in [1.807, 2.05) is 6.08 Å². The van der Waals surface area contributed by atoms with Crippen LogP contribution in [-0.2, 0) is 14.3 Å². The minimum absolute atomic E-state index is 0.309. The Kier molecular flexibility index (Phi) is 52.1. The van der Waals surface area contributed by atoms with Crippen LogP contribution < -0.4 is 5.32 Å². The molecule has 0 bridgehead atoms. The normalized spacial score (nSPS) is 19.4. The molecule has 10 nitrogen and oxygen atoms in total. The van der Waals surface area contributed by atoms with Gasteiger partial charge in [0.25, 0.3) is 0 Å². The van der Waals surface area contributed by atoms with Crippen LogP contribution in [0.3, 0.4) is 0 Å². The molecule has 1 aliphatic heterocycles. The molecule has 1 heterocycles. The topological polar surface area (TPSA) is 169 Å². The number of ether oxygens (including phenoxy) is 2. The highest BCUT2D eigenvalue weighted by Gasteiger charge is 2.44. The van der Waals surface area contributed by atoms with E-state index in [0.29, 0.717) is 12.8 Å². The monoisotopic (exact) mass is 1060 g/mol. The summed E-state index contributed by atoms with van der Waals surface area (Å²) in [6.45, 7) is 3.63. The molecule has 0 aromatic heterocycles. The van der Waals surface area contributed by atoms with Gasteiger partial charge in [0.05, 0.1) is 25.4 Å². The third-order valence-corrected chi connectivity index (χ3v) is 15.9. The smallest absolute Gasteiger partial charge is 0.249 e. The standard InChI is InChI=1S/C65H125NO9/c1-3-5-7-9-11-13-15-17-19-20-21-22-23-24-25-26-27-28-29-30-31-32-33-34-35-36-37-38-39-40-42-44-46-48-50-52-54-59(69)64(73)66-57(56-74-65-63(72)62(71)61(70)60(55-67)75-65)58(68)53-51-49-47-45-43-41-18-16-14-12-10-8-6-4-2/h43,45,51,53,57-63,65,67-72H,3-42,44,46-50,52,54-56H2,1-2H3,(H,66,73)/b45-43+,53-51+. The van der Waals surface area contributed by atoms with Crippen LogP contribution in [0.1, 0.15) is 322 Å². The molecular weight excluding hydrogens is 939 g/mol. The zero-order valence-corrected chi connectivity index (χ0v) is 49.2. The molecule has 75 heavy (non-hydrogen) atoms. The van der Waals surface area contributed by atoms with Gasteiger partial charge >= 0.3 is 0 Å². The summed E-state index contributed by atoms with van der Waals surface area (Å²) in [7, 11) is 0. The lowest BCUT2D eigenvalue weighted by Gasteiger charge is -2.40. The van der Waals surface area contributed by atoms with Gasteiger partial charge in [-0.15, -0.1) is 0 Å². The van der Waals surface area contributed by atoms with Crippen molar-refractivity contribution in [1.82, 2.24) is 5.32 Å². The molecule has 0 saturated carbocycles. The number of rotatable bonds is 57. The lowest BCUT2D eigenvalue weighted by atomic mass is 9.99. The van der Waals surface area contributed by atoms with Gasteiger partial charge in [-0.1, -0.05) is 314 Å². The van der Waals surface area contributed by atoms with E-state index in [0.717, 1.165) is 38.5 Å². The maximum Gasteiger partial charge on any atom is 0.249 e. The Hall–Kier alpha value is -1.37. The summed E-state index contributed by atoms with van der Waals surface area (Å²) in [5, 5.41) is 65.0. The van der Waals surface area contributed by atoms with E-state index in [2.05, 4.69) is 31.3 Å². The Bertz CT molecular complexity index is 1250. The molecule has 0 aliphatic carbocycles. The maximum atomic E-state index is 13.1. The Morgan fingerprint density at radius 2 is 0.787 bits per heavy atom. The quantitative estimate of drug-likeness (QED) is 0.0232. The largest absolute Gasteiger partial charge is 0.394 e. The molecule has 0 aromatic carbocycles. The molecule has 8 unspecified atom stereocenters. The predicted octanol–water partition coefficient (Wildman–Crippen LogP) is 15.9. The summed E-state index contributed by atoms with van der Waals surface area (Å²) >= 11 is 0. The van der Waals surface area contributed by atoms with Crippen molar-refractivity contribution in [2.45, 2.75) is 371 Å². The second kappa shape index (κ2) is 54.6. The second-order valence-corrected chi connectivity index (χ2v) is 23.1. The fraction of sp³-hybridized carbons (Fsp3) is 0.923. The number of carbonyl (C=O) groups excluding carboxylic acids is 1. The number of aliphatic hydroxyl groups excluding tert-OH is 6. The van der Waals surface area contributed by atoms with E-state index >= 15 is 0 Å². The molecule has 0 radical (unpaired) electrons. The van der Waals surface area contributed by atoms with E-state index in [-0.39, 0.29) is 6.61 Å². The van der Waals surface area contributed by atoms with Gasteiger partial charge in [0, 0.05) is 0 Å². The van der Waals surface area contributed by atoms with Crippen molar-refractivity contribution in [1.29, 1.82) is 0 Å². The molecule has 1 amide bonds. The SMILES string of the molecule is CCCCCCCCCC/C=C/CC/C=C/C(O)C(COC1OC(CO)C(O)C(O)C1O)NC(=O)C(O)CCCCCCCCCCCCCCCCCCCCCCCCCCCCCCCCCCCCCC. The molecule has 10 heteroatoms. The second-order valence-electron chi connectivity index (χ2n) is 23.1. The number of amides is 1. The summed E-state index contributed by atoms with van der Waals surface area (Å²) in [6.07, 6.45) is 60.5. The van der Waals surface area contributed by atoms with E-state index in [4.69, 9.17) is 9.47 Å². The molecular formula is C65H125NO9. The lowest BCUT2D eigenvalue weighted by molar-refractivity contribution is -0.302. The summed E-state index contributed by atoms with van der Waals surface area (Å²) in [4.78, 5) is 13.1. The third-order valence-electron chi connectivity index (χ3n) is 15.9. The Morgan fingerprint density at radius 1 is 0.453 bits per heavy atom. The molecule has 1 aliphatic rings. The van der Waals surface area contributed by atoms with Crippen LogP contribution in [0.2, 0.25) is 0 Å². The molecule has 1 saturated heterocycles. The van der Waals surface area contributed by atoms with Crippen molar-refractivity contribution >= 4 is 5.91 Å². The van der Waals surface area contributed by atoms with Crippen molar-refractivity contribution in [3.8, 4) is 0 Å². The zero-order chi connectivity index (χ0) is 54.5. The molecule has 0 spiro atoms. The van der Waals surface area contributed by atoms with Crippen molar-refractivity contribution in [2.24, 2.45) is 0 Å². The van der Waals surface area contributed by atoms with Crippen molar-refractivity contribution < 1.29 is 44.9 Å². The van der Waals surface area contributed by atoms with E-state index in [9.17, 15) is 35.4 Å². The van der Waals surface area contributed by atoms with Crippen LogP contribution in [-0.4, -0.2) is 98.7 Å². The van der Waals surface area contributed by atoms with Crippen LogP contribution >= 0.6 is 0 Å². The first-order valence-electron chi connectivity index (χ1n) is 32.7. The number of hydrogen-bond donors (Lipinski definition) is 7. The highest BCUT2D eigenvalue weighted by molar-refractivity contribution is 5.80. The Balaban J connectivity index is 2.09. The third kappa shape index (κ3) is 43.2. The summed E-state index contributed by atoms with van der Waals surface area (Å²) in [6, 6.07) is -0.994. The Labute approximate surface area is 462 Å². The molecule has 7 N–H and O–H groups in total. The van der Waals surface area contributed by atoms with Crippen LogP contribution in [0.4, 0.5) is 0 Å². The van der Waals surface area contributed by atoms with Crippen molar-refractivity contribution in [3.05, 3.63) is 24.3 Å². The van der Waals surface area contributed by atoms with Gasteiger partial charge in [0.15, 0.2) is 6.29 Å². The number of aliphatic hydroxyl groups is 6. The first-order chi connectivity index (χ1) is 36.8. The number of unbranched alkanes of at least 4 members (excludes halogenated alkanes) is 44. The van der Waals surface area contributed by atoms with Gasteiger partial charge in [-0.25, -0.2) is 0 Å². The highest BCUT2D eigenvalue weighted by Crippen LogP contribution is 2.23. The molecule has 0 aromatic rings. The fourth-order valence-corrected chi connectivity index (χ4v) is 10.7. The average molecular weight is 1060 g/mol. The highest BCUT2D eigenvalue weighted by atomic mass is 16.7. The molecule has 444 valence electrons. The van der Waals surface area contributed by atoms with Crippen LogP contribution in [0.25, 0.3) is 0 Å². The van der Waals surface area contributed by atoms with Gasteiger partial charge in [0.1, 0.15) is 30.5 Å². The number of nitrogens with one attached hydrogen (secondary N) is 1. The van der Waals surface area contributed by atoms with Gasteiger partial charge < -0.3 is 45.4 Å². The fourth-order valence-electron chi connectivity index (χ4n) is 10.7. The van der Waals surface area contributed by atoms with Crippen molar-refractivity contribution in [2.75, 3.05) is 13.2 Å². The predicted molar refractivity (Wildman–Crippen MR) is 315 cm³/mol. The van der Waals surface area contributed by atoms with Crippen LogP contribution in [0, 0.1) is 0 Å². The molecule has 1 fully saturated rings. The first-order valence-corrected chi connectivity index (χ1v) is 32.7. The summed E-state index contributed by atoms with van der Waals surface area (Å²) < 4.78 is 11.2. The van der Waals surface area contributed by atoms with Crippen LogP contribution in [0.15, 0.2) is 24.3 Å². The van der Waals surface area contributed by atoms with E-state index in [1.54, 1.807) is 6.08 Å². The number of allylic oxidation sites excluding steroid dienone is 3. The zero-order valence-electron chi connectivity index (χ0n) is 49.2. The van der Waals surface area contributed by atoms with Gasteiger partial charge in [-0.3, -0.25) is 4.79 Å². The Morgan fingerprint density at radius 3 is 1.16 bits per heavy atom. The first kappa shape index (κ1) is 71.6. The van der Waals surface area contributed by atoms with Crippen LogP contribution in [0.5, 0.6) is 0 Å². The molecule has 8 atom stereocenters. The number of hydrogen-bond acceptors (Lipinski definition) is 9. The average Bonchev–Trinajstić information content (AvgIpc) is 3.41. The lowest BCUT2D eigenvalue weighted by Crippen LogP contribution is -2.60. The summed E-state index contributed by atoms with van der Waals surface area (Å²) in [5.41, 5.74) is 0. The van der Waals surface area contributed by atoms with E-state index < -0.39 is 61.5 Å². The van der Waals surface area contributed by atoms with Gasteiger partial charge in [0.2, 0.25) is 5.91 Å². The molecule has 1 rings (SSSR count). The minimum atomic E-state index is -1.61. The van der Waals surface area contributed by atoms with Gasteiger partial charge in [-0.2, -0.15) is 0 Å².